The smallest absolute Gasteiger partial charge is 0.278 e. The molecule has 1 aliphatic carbocycles. The van der Waals surface area contributed by atoms with Gasteiger partial charge in [0.05, 0.1) is 12.4 Å². The molecule has 9 nitrogen and oxygen atoms in total. The number of aromatic nitrogens is 4. The van der Waals surface area contributed by atoms with Crippen molar-refractivity contribution in [2.24, 2.45) is 0 Å². The lowest BCUT2D eigenvalue weighted by atomic mass is 9.77. The maximum Gasteiger partial charge on any atom is 0.278 e. The summed E-state index contributed by atoms with van der Waals surface area (Å²) in [6.07, 6.45) is -2.68. The molecule has 2 aromatic heterocycles. The Hall–Kier alpha value is -4.05. The van der Waals surface area contributed by atoms with E-state index in [0.29, 0.717) is 11.1 Å². The molecule has 1 aliphatic rings. The molecule has 0 fully saturated rings. The van der Waals surface area contributed by atoms with E-state index in [-0.39, 0.29) is 17.1 Å². The molecule has 4 aromatic carbocycles. The Morgan fingerprint density at radius 3 is 2.50 bits per heavy atom. The van der Waals surface area contributed by atoms with Crippen molar-refractivity contribution in [1.82, 2.24) is 19.9 Å². The highest BCUT2D eigenvalue weighted by Gasteiger charge is 2.42. The van der Waals surface area contributed by atoms with Gasteiger partial charge in [-0.3, -0.25) is 9.78 Å². The predicted molar refractivity (Wildman–Crippen MR) is 128 cm³/mol. The first kappa shape index (κ1) is 19.4. The van der Waals surface area contributed by atoms with Gasteiger partial charge in [-0.2, -0.15) is 4.98 Å². The van der Waals surface area contributed by atoms with Crippen LogP contribution in [0.3, 0.4) is 0 Å². The van der Waals surface area contributed by atoms with Crippen LogP contribution in [0.25, 0.3) is 43.5 Å². The van der Waals surface area contributed by atoms with Crippen LogP contribution in [0, 0.1) is 0 Å². The number of fused-ring (bicyclic) bond motifs is 3. The first-order valence-electron chi connectivity index (χ1n) is 11.0. The number of hydrogen-bond acceptors (Lipinski definition) is 7. The zero-order chi connectivity index (χ0) is 23.1. The minimum atomic E-state index is -1.43. The molecular formula is C25H19N5O4. The Morgan fingerprint density at radius 2 is 1.68 bits per heavy atom. The van der Waals surface area contributed by atoms with E-state index in [1.807, 2.05) is 36.4 Å². The van der Waals surface area contributed by atoms with E-state index in [4.69, 9.17) is 0 Å². The summed E-state index contributed by atoms with van der Waals surface area (Å²) in [4.78, 5) is 26.2. The topological polar surface area (TPSA) is 147 Å². The van der Waals surface area contributed by atoms with Crippen molar-refractivity contribution >= 4 is 49.4 Å². The van der Waals surface area contributed by atoms with Crippen LogP contribution >= 0.6 is 0 Å². The van der Waals surface area contributed by atoms with Crippen molar-refractivity contribution in [3.63, 3.8) is 0 Å². The number of nitrogens with zero attached hydrogens (tertiary/aromatic N) is 2. The van der Waals surface area contributed by atoms with Crippen LogP contribution in [0.4, 0.5) is 5.95 Å². The SMILES string of the molecule is O=c1[nH]c(N[C@H]2c3c(cc4ccc5cccc6ccc3c4c56)[C@@H](O)[C@H](O)[C@@H]2O)nc2nc[nH]c12. The summed E-state index contributed by atoms with van der Waals surface area (Å²) in [5.41, 5.74) is 1.23. The average Bonchev–Trinajstić information content (AvgIpc) is 3.33. The Morgan fingerprint density at radius 1 is 0.912 bits per heavy atom. The van der Waals surface area contributed by atoms with E-state index in [0.717, 1.165) is 32.3 Å². The lowest BCUT2D eigenvalue weighted by molar-refractivity contribution is -0.0767. The Bertz CT molecular complexity index is 1780. The maximum atomic E-state index is 12.4. The van der Waals surface area contributed by atoms with Gasteiger partial charge < -0.3 is 25.6 Å². The van der Waals surface area contributed by atoms with Gasteiger partial charge in [0.1, 0.15) is 18.3 Å². The molecule has 0 amide bonds. The quantitative estimate of drug-likeness (QED) is 0.221. The second-order valence-corrected chi connectivity index (χ2v) is 8.80. The zero-order valence-electron chi connectivity index (χ0n) is 17.6. The second kappa shape index (κ2) is 6.73. The monoisotopic (exact) mass is 453 g/mol. The number of aliphatic hydroxyl groups excluding tert-OH is 3. The van der Waals surface area contributed by atoms with Crippen LogP contribution < -0.4 is 10.9 Å². The Kier molecular flexibility index (Phi) is 3.85. The zero-order valence-corrected chi connectivity index (χ0v) is 17.6. The van der Waals surface area contributed by atoms with Gasteiger partial charge in [0, 0.05) is 0 Å². The van der Waals surface area contributed by atoms with Gasteiger partial charge in [-0.25, -0.2) is 4.98 Å². The fourth-order valence-corrected chi connectivity index (χ4v) is 5.40. The second-order valence-electron chi connectivity index (χ2n) is 8.80. The molecule has 0 spiro atoms. The molecule has 0 unspecified atom stereocenters. The number of aromatic amines is 2. The number of H-pyrrole nitrogens is 2. The third-order valence-corrected chi connectivity index (χ3v) is 6.95. The lowest BCUT2D eigenvalue weighted by Gasteiger charge is -2.38. The minimum Gasteiger partial charge on any atom is -0.388 e. The number of benzene rings is 4. The Balaban J connectivity index is 1.51. The van der Waals surface area contributed by atoms with Crippen molar-refractivity contribution in [2.75, 3.05) is 5.32 Å². The summed E-state index contributed by atoms with van der Waals surface area (Å²) in [6.45, 7) is 0. The summed E-state index contributed by atoms with van der Waals surface area (Å²) < 4.78 is 0. The average molecular weight is 453 g/mol. The van der Waals surface area contributed by atoms with E-state index in [9.17, 15) is 20.1 Å². The molecule has 34 heavy (non-hydrogen) atoms. The summed E-state index contributed by atoms with van der Waals surface area (Å²) in [5, 5.41) is 41.8. The molecule has 0 saturated heterocycles. The van der Waals surface area contributed by atoms with E-state index in [1.165, 1.54) is 6.33 Å². The molecule has 6 aromatic rings. The molecule has 0 bridgehead atoms. The lowest BCUT2D eigenvalue weighted by Crippen LogP contribution is -2.44. The summed E-state index contributed by atoms with van der Waals surface area (Å²) in [6, 6.07) is 15.2. The molecule has 0 saturated carbocycles. The predicted octanol–water partition coefficient (Wildman–Crippen LogP) is 2.47. The van der Waals surface area contributed by atoms with Crippen molar-refractivity contribution in [3.8, 4) is 0 Å². The first-order valence-corrected chi connectivity index (χ1v) is 11.0. The standard InChI is InChI=1S/C25H19N5O4/c31-20-14-8-12-5-4-10-2-1-3-11-6-7-13(16(12)15(10)11)17(14)18(21(32)22(20)33)28-25-29-23-19(24(34)30-25)26-9-27-23/h1-9,18,20-22,31-33H,(H3,26,27,28,29,30,34)/t18-,20+,21+,22-/m0/s1. The van der Waals surface area contributed by atoms with Gasteiger partial charge in [-0.15, -0.1) is 0 Å². The highest BCUT2D eigenvalue weighted by molar-refractivity contribution is 6.24. The third kappa shape index (κ3) is 2.51. The number of nitrogens with one attached hydrogen (secondary N) is 3. The van der Waals surface area contributed by atoms with Crippen LogP contribution in [0.5, 0.6) is 0 Å². The molecule has 4 atom stereocenters. The number of rotatable bonds is 2. The van der Waals surface area contributed by atoms with Crippen LogP contribution in [-0.4, -0.2) is 47.5 Å². The maximum absolute atomic E-state index is 12.4. The molecule has 6 N–H and O–H groups in total. The van der Waals surface area contributed by atoms with Gasteiger partial charge in [-0.1, -0.05) is 42.5 Å². The van der Waals surface area contributed by atoms with Crippen LogP contribution in [-0.2, 0) is 0 Å². The highest BCUT2D eigenvalue weighted by atomic mass is 16.4. The van der Waals surface area contributed by atoms with E-state index in [2.05, 4.69) is 37.4 Å². The molecule has 0 radical (unpaired) electrons. The minimum absolute atomic E-state index is 0.105. The highest BCUT2D eigenvalue weighted by Crippen LogP contribution is 2.46. The fourth-order valence-electron chi connectivity index (χ4n) is 5.40. The fraction of sp³-hybridized carbons (Fsp3) is 0.160. The molecule has 9 heteroatoms. The largest absolute Gasteiger partial charge is 0.388 e. The molecular weight excluding hydrogens is 434 g/mol. The van der Waals surface area contributed by atoms with E-state index >= 15 is 0 Å². The summed E-state index contributed by atoms with van der Waals surface area (Å²) >= 11 is 0. The summed E-state index contributed by atoms with van der Waals surface area (Å²) in [7, 11) is 0. The first-order chi connectivity index (χ1) is 16.5. The van der Waals surface area contributed by atoms with Gasteiger partial charge in [0.2, 0.25) is 5.95 Å². The number of aliphatic hydroxyl groups is 3. The molecule has 7 rings (SSSR count). The van der Waals surface area contributed by atoms with Crippen molar-refractivity contribution in [1.29, 1.82) is 0 Å². The Labute approximate surface area is 191 Å². The van der Waals surface area contributed by atoms with E-state index in [1.54, 1.807) is 0 Å². The number of imidazole rings is 1. The van der Waals surface area contributed by atoms with Gasteiger partial charge in [-0.05, 0) is 49.5 Å². The number of hydrogen-bond donors (Lipinski definition) is 6. The van der Waals surface area contributed by atoms with E-state index < -0.39 is 29.9 Å². The number of anilines is 1. The van der Waals surface area contributed by atoms with Gasteiger partial charge in [0.25, 0.3) is 5.56 Å². The molecule has 0 aliphatic heterocycles. The van der Waals surface area contributed by atoms with Crippen LogP contribution in [0.1, 0.15) is 23.3 Å². The van der Waals surface area contributed by atoms with Gasteiger partial charge >= 0.3 is 0 Å². The van der Waals surface area contributed by atoms with Crippen LogP contribution in [0.15, 0.2) is 59.7 Å². The molecule has 168 valence electrons. The molecule has 2 heterocycles. The van der Waals surface area contributed by atoms with Crippen molar-refractivity contribution in [2.45, 2.75) is 24.4 Å². The third-order valence-electron chi connectivity index (χ3n) is 6.95. The summed E-state index contributed by atoms with van der Waals surface area (Å²) in [5.74, 6) is 0.105. The van der Waals surface area contributed by atoms with Crippen LogP contribution in [0.2, 0.25) is 0 Å². The van der Waals surface area contributed by atoms with Gasteiger partial charge in [0.15, 0.2) is 11.2 Å². The van der Waals surface area contributed by atoms with Crippen molar-refractivity contribution in [3.05, 3.63) is 76.3 Å². The normalized spacial score (nSPS) is 22.7. The van der Waals surface area contributed by atoms with Crippen molar-refractivity contribution < 1.29 is 15.3 Å².